The maximum atomic E-state index is 12.3. The predicted molar refractivity (Wildman–Crippen MR) is 76.3 cm³/mol. The van der Waals surface area contributed by atoms with E-state index in [0.717, 1.165) is 25.8 Å². The molecule has 0 heterocycles. The van der Waals surface area contributed by atoms with Crippen LogP contribution in [0.25, 0.3) is 0 Å². The molecular weight excluding hydrogens is 224 g/mol. The van der Waals surface area contributed by atoms with Gasteiger partial charge in [-0.2, -0.15) is 0 Å². The number of amides is 1. The third-order valence-electron chi connectivity index (χ3n) is 3.37. The quantitative estimate of drug-likeness (QED) is 0.759. The van der Waals surface area contributed by atoms with Crippen molar-refractivity contribution in [1.29, 1.82) is 0 Å². The van der Waals surface area contributed by atoms with Gasteiger partial charge in [0.1, 0.15) is 0 Å². The largest absolute Gasteiger partial charge is 0.340 e. The molecule has 0 aromatic carbocycles. The van der Waals surface area contributed by atoms with Crippen LogP contribution in [0.1, 0.15) is 66.2 Å². The highest BCUT2D eigenvalue weighted by atomic mass is 16.2. The van der Waals surface area contributed by atoms with E-state index in [4.69, 9.17) is 5.73 Å². The second-order valence-corrected chi connectivity index (χ2v) is 6.90. The van der Waals surface area contributed by atoms with Crippen LogP contribution in [0.2, 0.25) is 0 Å². The Morgan fingerprint density at radius 1 is 1.39 bits per heavy atom. The Hall–Kier alpha value is -0.570. The number of hydrogen-bond acceptors (Lipinski definition) is 2. The fraction of sp³-hybridized carbons (Fsp3) is 0.933. The molecule has 1 aliphatic rings. The van der Waals surface area contributed by atoms with Crippen LogP contribution in [0.3, 0.4) is 0 Å². The van der Waals surface area contributed by atoms with Crippen molar-refractivity contribution in [3.05, 3.63) is 0 Å². The SMILES string of the molecule is CCCCN(C(=O)CC(N)CC(C)(C)C)C1CC1. The van der Waals surface area contributed by atoms with E-state index in [1.54, 1.807) is 0 Å². The predicted octanol–water partition coefficient (Wildman–Crippen LogP) is 2.93. The summed E-state index contributed by atoms with van der Waals surface area (Å²) < 4.78 is 0. The van der Waals surface area contributed by atoms with Crippen LogP contribution in [0.4, 0.5) is 0 Å². The summed E-state index contributed by atoms with van der Waals surface area (Å²) >= 11 is 0. The average Bonchev–Trinajstić information content (AvgIpc) is 2.99. The van der Waals surface area contributed by atoms with Gasteiger partial charge in [-0.25, -0.2) is 0 Å². The first kappa shape index (κ1) is 15.5. The number of hydrogen-bond donors (Lipinski definition) is 1. The molecule has 0 spiro atoms. The highest BCUT2D eigenvalue weighted by molar-refractivity contribution is 5.77. The number of nitrogens with two attached hydrogens (primary N) is 1. The molecular formula is C15H30N2O. The van der Waals surface area contributed by atoms with Crippen molar-refractivity contribution in [2.45, 2.75) is 78.3 Å². The molecule has 2 N–H and O–H groups in total. The van der Waals surface area contributed by atoms with E-state index < -0.39 is 0 Å². The maximum Gasteiger partial charge on any atom is 0.224 e. The van der Waals surface area contributed by atoms with Gasteiger partial charge in [-0.3, -0.25) is 4.79 Å². The molecule has 1 unspecified atom stereocenters. The van der Waals surface area contributed by atoms with Crippen molar-refractivity contribution >= 4 is 5.91 Å². The van der Waals surface area contributed by atoms with Crippen molar-refractivity contribution < 1.29 is 4.79 Å². The highest BCUT2D eigenvalue weighted by Crippen LogP contribution is 2.28. The van der Waals surface area contributed by atoms with E-state index in [1.165, 1.54) is 12.8 Å². The summed E-state index contributed by atoms with van der Waals surface area (Å²) in [6.45, 7) is 9.61. The van der Waals surface area contributed by atoms with Crippen LogP contribution in [-0.2, 0) is 4.79 Å². The lowest BCUT2D eigenvalue weighted by molar-refractivity contribution is -0.132. The third kappa shape index (κ3) is 5.85. The second-order valence-electron chi connectivity index (χ2n) is 6.90. The molecule has 0 radical (unpaired) electrons. The summed E-state index contributed by atoms with van der Waals surface area (Å²) in [5.74, 6) is 0.266. The van der Waals surface area contributed by atoms with Gasteiger partial charge in [-0.15, -0.1) is 0 Å². The first-order chi connectivity index (χ1) is 8.33. The molecule has 3 nitrogen and oxygen atoms in total. The summed E-state index contributed by atoms with van der Waals surface area (Å²) in [5.41, 5.74) is 6.30. The Labute approximate surface area is 112 Å². The number of carbonyl (C=O) groups excluding carboxylic acids is 1. The second kappa shape index (κ2) is 6.55. The maximum absolute atomic E-state index is 12.3. The zero-order chi connectivity index (χ0) is 13.8. The van der Waals surface area contributed by atoms with Crippen LogP contribution < -0.4 is 5.73 Å². The molecule has 0 aromatic rings. The average molecular weight is 254 g/mol. The molecule has 0 bridgehead atoms. The number of unbranched alkanes of at least 4 members (excludes halogenated alkanes) is 1. The Morgan fingerprint density at radius 2 is 2.00 bits per heavy atom. The Kier molecular flexibility index (Phi) is 5.64. The van der Waals surface area contributed by atoms with Gasteiger partial charge in [0.15, 0.2) is 0 Å². The van der Waals surface area contributed by atoms with Crippen LogP contribution in [0, 0.1) is 5.41 Å². The van der Waals surface area contributed by atoms with Gasteiger partial charge in [0.05, 0.1) is 0 Å². The van der Waals surface area contributed by atoms with Gasteiger partial charge in [0.25, 0.3) is 0 Å². The summed E-state index contributed by atoms with van der Waals surface area (Å²) in [5, 5.41) is 0. The van der Waals surface area contributed by atoms with E-state index in [1.807, 2.05) is 0 Å². The first-order valence-corrected chi connectivity index (χ1v) is 7.38. The summed E-state index contributed by atoms with van der Waals surface area (Å²) in [4.78, 5) is 14.3. The normalized spacial score (nSPS) is 17.6. The molecule has 1 saturated carbocycles. The minimum absolute atomic E-state index is 0.000349. The number of nitrogens with zero attached hydrogens (tertiary/aromatic N) is 1. The van der Waals surface area contributed by atoms with Gasteiger partial charge in [-0.05, 0) is 31.1 Å². The van der Waals surface area contributed by atoms with Gasteiger partial charge in [0, 0.05) is 25.0 Å². The van der Waals surface area contributed by atoms with E-state index in [0.29, 0.717) is 12.5 Å². The third-order valence-corrected chi connectivity index (χ3v) is 3.37. The van der Waals surface area contributed by atoms with Crippen molar-refractivity contribution in [2.75, 3.05) is 6.54 Å². The van der Waals surface area contributed by atoms with E-state index >= 15 is 0 Å². The van der Waals surface area contributed by atoms with E-state index in [2.05, 4.69) is 32.6 Å². The summed E-state index contributed by atoms with van der Waals surface area (Å²) in [6.07, 6.45) is 6.04. The van der Waals surface area contributed by atoms with Crippen molar-refractivity contribution in [2.24, 2.45) is 11.1 Å². The van der Waals surface area contributed by atoms with Crippen molar-refractivity contribution in [1.82, 2.24) is 4.90 Å². The highest BCUT2D eigenvalue weighted by Gasteiger charge is 2.32. The molecule has 0 saturated heterocycles. The van der Waals surface area contributed by atoms with Crippen LogP contribution in [0.15, 0.2) is 0 Å². The van der Waals surface area contributed by atoms with Crippen molar-refractivity contribution in [3.8, 4) is 0 Å². The van der Waals surface area contributed by atoms with Crippen LogP contribution >= 0.6 is 0 Å². The molecule has 18 heavy (non-hydrogen) atoms. The Bertz CT molecular complexity index is 266. The molecule has 1 amide bonds. The molecule has 1 atom stereocenters. The van der Waals surface area contributed by atoms with Gasteiger partial charge < -0.3 is 10.6 Å². The van der Waals surface area contributed by atoms with Crippen LogP contribution in [0.5, 0.6) is 0 Å². The minimum Gasteiger partial charge on any atom is -0.340 e. The monoisotopic (exact) mass is 254 g/mol. The lowest BCUT2D eigenvalue weighted by Crippen LogP contribution is -2.39. The summed E-state index contributed by atoms with van der Waals surface area (Å²) in [7, 11) is 0. The van der Waals surface area contributed by atoms with E-state index in [-0.39, 0.29) is 17.4 Å². The number of rotatable bonds is 7. The standard InChI is InChI=1S/C15H30N2O/c1-5-6-9-17(13-7-8-13)14(18)10-12(16)11-15(2,3)4/h12-13H,5-11,16H2,1-4H3. The Balaban J connectivity index is 2.40. The molecule has 1 fully saturated rings. The first-order valence-electron chi connectivity index (χ1n) is 7.38. The molecule has 0 aliphatic heterocycles. The van der Waals surface area contributed by atoms with E-state index in [9.17, 15) is 4.79 Å². The van der Waals surface area contributed by atoms with Gasteiger partial charge >= 0.3 is 0 Å². The molecule has 0 aromatic heterocycles. The van der Waals surface area contributed by atoms with Gasteiger partial charge in [-0.1, -0.05) is 34.1 Å². The minimum atomic E-state index is 0.000349. The molecule has 3 heteroatoms. The fourth-order valence-electron chi connectivity index (χ4n) is 2.43. The topological polar surface area (TPSA) is 46.3 Å². The summed E-state index contributed by atoms with van der Waals surface area (Å²) in [6, 6.07) is 0.520. The zero-order valence-corrected chi connectivity index (χ0v) is 12.5. The lowest BCUT2D eigenvalue weighted by Gasteiger charge is -2.27. The number of carbonyl (C=O) groups is 1. The van der Waals surface area contributed by atoms with Gasteiger partial charge in [0.2, 0.25) is 5.91 Å². The molecule has 106 valence electrons. The zero-order valence-electron chi connectivity index (χ0n) is 12.5. The Morgan fingerprint density at radius 3 is 2.44 bits per heavy atom. The fourth-order valence-corrected chi connectivity index (χ4v) is 2.43. The smallest absolute Gasteiger partial charge is 0.224 e. The molecule has 1 rings (SSSR count). The lowest BCUT2D eigenvalue weighted by atomic mass is 9.87. The van der Waals surface area contributed by atoms with Crippen LogP contribution in [-0.4, -0.2) is 29.4 Å². The van der Waals surface area contributed by atoms with Crippen molar-refractivity contribution in [3.63, 3.8) is 0 Å². The molecule has 1 aliphatic carbocycles.